The normalized spacial score (nSPS) is 10.7. The zero-order valence-corrected chi connectivity index (χ0v) is 12.0. The molecule has 1 heterocycles. The van der Waals surface area contributed by atoms with Gasteiger partial charge in [0.15, 0.2) is 0 Å². The van der Waals surface area contributed by atoms with Gasteiger partial charge in [-0.25, -0.2) is 4.79 Å². The number of benzene rings is 1. The summed E-state index contributed by atoms with van der Waals surface area (Å²) in [5.74, 6) is 0.373. The van der Waals surface area contributed by atoms with Gasteiger partial charge in [0, 0.05) is 16.2 Å². The fraction of sp³-hybridized carbons (Fsp3) is 0.267. The quantitative estimate of drug-likeness (QED) is 0.850. The topological polar surface area (TPSA) is 50.4 Å². The van der Waals surface area contributed by atoms with Gasteiger partial charge in [-0.15, -0.1) is 11.8 Å². The lowest BCUT2D eigenvalue weighted by atomic mass is 10.1. The zero-order valence-electron chi connectivity index (χ0n) is 11.2. The Labute approximate surface area is 116 Å². The van der Waals surface area contributed by atoms with E-state index in [2.05, 4.69) is 32.0 Å². The molecule has 2 rings (SSSR count). The first-order chi connectivity index (χ1) is 8.97. The fourth-order valence-electron chi connectivity index (χ4n) is 1.73. The second kappa shape index (κ2) is 5.53. The van der Waals surface area contributed by atoms with Crippen LogP contribution in [0.4, 0.5) is 0 Å². The highest BCUT2D eigenvalue weighted by atomic mass is 32.2. The Morgan fingerprint density at radius 1 is 1.21 bits per heavy atom. The summed E-state index contributed by atoms with van der Waals surface area (Å²) in [6.07, 6.45) is 0. The molecule has 100 valence electrons. The van der Waals surface area contributed by atoms with Crippen LogP contribution in [-0.2, 0) is 5.75 Å². The lowest BCUT2D eigenvalue weighted by Crippen LogP contribution is -1.91. The summed E-state index contributed by atoms with van der Waals surface area (Å²) >= 11 is 1.68. The van der Waals surface area contributed by atoms with Crippen LogP contribution in [0.1, 0.15) is 33.0 Å². The van der Waals surface area contributed by atoms with Gasteiger partial charge in [0.1, 0.15) is 5.76 Å². The third-order valence-corrected chi connectivity index (χ3v) is 4.15. The van der Waals surface area contributed by atoms with Crippen LogP contribution >= 0.6 is 11.8 Å². The largest absolute Gasteiger partial charge is 0.475 e. The highest BCUT2D eigenvalue weighted by Crippen LogP contribution is 2.27. The highest BCUT2D eigenvalue weighted by molar-refractivity contribution is 7.98. The molecule has 0 atom stereocenters. The monoisotopic (exact) mass is 276 g/mol. The maximum absolute atomic E-state index is 10.8. The summed E-state index contributed by atoms with van der Waals surface area (Å²) in [6, 6.07) is 7.93. The molecule has 2 aromatic rings. The molecule has 1 N–H and O–H groups in total. The van der Waals surface area contributed by atoms with Crippen molar-refractivity contribution in [1.29, 1.82) is 0 Å². The number of thioether (sulfide) groups is 1. The molecular formula is C15H16O3S. The van der Waals surface area contributed by atoms with Crippen LogP contribution in [0.25, 0.3) is 0 Å². The van der Waals surface area contributed by atoms with E-state index in [1.54, 1.807) is 24.8 Å². The molecule has 0 aliphatic heterocycles. The van der Waals surface area contributed by atoms with Crippen LogP contribution in [-0.4, -0.2) is 11.1 Å². The van der Waals surface area contributed by atoms with Gasteiger partial charge in [-0.1, -0.05) is 6.07 Å². The minimum absolute atomic E-state index is 0.00758. The Morgan fingerprint density at radius 2 is 1.95 bits per heavy atom. The Morgan fingerprint density at radius 3 is 2.53 bits per heavy atom. The van der Waals surface area contributed by atoms with E-state index in [0.29, 0.717) is 11.5 Å². The Balaban J connectivity index is 2.09. The number of rotatable bonds is 4. The summed E-state index contributed by atoms with van der Waals surface area (Å²) < 4.78 is 5.19. The van der Waals surface area contributed by atoms with Gasteiger partial charge in [0.25, 0.3) is 0 Å². The smallest absolute Gasteiger partial charge is 0.371 e. The van der Waals surface area contributed by atoms with Gasteiger partial charge >= 0.3 is 5.97 Å². The van der Waals surface area contributed by atoms with Gasteiger partial charge in [-0.2, -0.15) is 0 Å². The number of aromatic carboxylic acids is 1. The number of carboxylic acid groups (broad SMARTS) is 1. The van der Waals surface area contributed by atoms with Crippen molar-refractivity contribution < 1.29 is 14.3 Å². The molecular weight excluding hydrogens is 260 g/mol. The van der Waals surface area contributed by atoms with Crippen LogP contribution < -0.4 is 0 Å². The summed E-state index contributed by atoms with van der Waals surface area (Å²) in [7, 11) is 0. The lowest BCUT2D eigenvalue weighted by molar-refractivity contribution is 0.0661. The molecule has 0 unspecified atom stereocenters. The van der Waals surface area contributed by atoms with Gasteiger partial charge in [0.2, 0.25) is 5.76 Å². The van der Waals surface area contributed by atoms with Crippen molar-refractivity contribution in [2.45, 2.75) is 31.4 Å². The summed E-state index contributed by atoms with van der Waals surface area (Å²) in [6.45, 7) is 5.97. The van der Waals surface area contributed by atoms with E-state index in [9.17, 15) is 4.79 Å². The van der Waals surface area contributed by atoms with Crippen molar-refractivity contribution in [3.63, 3.8) is 0 Å². The predicted molar refractivity (Wildman–Crippen MR) is 75.9 cm³/mol. The molecule has 0 aliphatic carbocycles. The molecule has 0 amide bonds. The Bertz CT molecular complexity index is 614. The maximum Gasteiger partial charge on any atom is 0.371 e. The van der Waals surface area contributed by atoms with E-state index in [1.165, 1.54) is 16.0 Å². The van der Waals surface area contributed by atoms with Crippen LogP contribution in [0.15, 0.2) is 33.6 Å². The second-order valence-corrected chi connectivity index (χ2v) is 5.58. The molecule has 0 aliphatic rings. The van der Waals surface area contributed by atoms with Gasteiger partial charge in [0.05, 0.1) is 0 Å². The zero-order chi connectivity index (χ0) is 14.0. The average Bonchev–Trinajstić information content (AvgIpc) is 2.73. The van der Waals surface area contributed by atoms with Crippen molar-refractivity contribution in [3.8, 4) is 0 Å². The average molecular weight is 276 g/mol. The third kappa shape index (κ3) is 3.20. The lowest BCUT2D eigenvalue weighted by Gasteiger charge is -2.04. The molecule has 1 aromatic heterocycles. The van der Waals surface area contributed by atoms with Crippen LogP contribution in [0.3, 0.4) is 0 Å². The Kier molecular flexibility index (Phi) is 4.00. The molecule has 19 heavy (non-hydrogen) atoms. The minimum atomic E-state index is -1.02. The maximum atomic E-state index is 10.8. The molecule has 4 heteroatoms. The third-order valence-electron chi connectivity index (χ3n) is 3.10. The number of furan rings is 1. The van der Waals surface area contributed by atoms with Crippen molar-refractivity contribution >= 4 is 17.7 Å². The van der Waals surface area contributed by atoms with E-state index in [1.807, 2.05) is 0 Å². The van der Waals surface area contributed by atoms with Gasteiger partial charge in [-0.3, -0.25) is 0 Å². The first kappa shape index (κ1) is 13.7. The second-order valence-electron chi connectivity index (χ2n) is 4.53. The first-order valence-corrected chi connectivity index (χ1v) is 6.98. The van der Waals surface area contributed by atoms with Gasteiger partial charge < -0.3 is 9.52 Å². The molecule has 0 radical (unpaired) electrons. The molecule has 0 spiro atoms. The number of carboxylic acids is 1. The van der Waals surface area contributed by atoms with Crippen molar-refractivity contribution in [3.05, 3.63) is 52.5 Å². The first-order valence-electron chi connectivity index (χ1n) is 6.00. The number of carbonyl (C=O) groups is 1. The van der Waals surface area contributed by atoms with E-state index < -0.39 is 5.97 Å². The van der Waals surface area contributed by atoms with Gasteiger partial charge in [-0.05, 0) is 50.1 Å². The summed E-state index contributed by atoms with van der Waals surface area (Å²) in [5.41, 5.74) is 3.47. The van der Waals surface area contributed by atoms with Crippen LogP contribution in [0.5, 0.6) is 0 Å². The highest BCUT2D eigenvalue weighted by Gasteiger charge is 2.13. The van der Waals surface area contributed by atoms with E-state index in [-0.39, 0.29) is 5.76 Å². The minimum Gasteiger partial charge on any atom is -0.475 e. The van der Waals surface area contributed by atoms with E-state index in [4.69, 9.17) is 9.52 Å². The molecule has 0 saturated carbocycles. The number of aryl methyl sites for hydroxylation is 3. The van der Waals surface area contributed by atoms with Crippen molar-refractivity contribution in [2.24, 2.45) is 0 Å². The van der Waals surface area contributed by atoms with E-state index in [0.717, 1.165) is 5.56 Å². The van der Waals surface area contributed by atoms with Crippen molar-refractivity contribution in [1.82, 2.24) is 0 Å². The molecule has 3 nitrogen and oxygen atoms in total. The molecule has 1 aromatic carbocycles. The van der Waals surface area contributed by atoms with Crippen LogP contribution in [0.2, 0.25) is 0 Å². The molecule has 0 bridgehead atoms. The van der Waals surface area contributed by atoms with Crippen LogP contribution in [0, 0.1) is 20.8 Å². The predicted octanol–water partition coefficient (Wildman–Crippen LogP) is 4.20. The Hall–Kier alpha value is -1.68. The van der Waals surface area contributed by atoms with Crippen molar-refractivity contribution in [2.75, 3.05) is 0 Å². The SMILES string of the molecule is Cc1ccc(SCc2cc(C(=O)O)oc2C)cc1C. The molecule has 0 saturated heterocycles. The van der Waals surface area contributed by atoms with E-state index >= 15 is 0 Å². The summed E-state index contributed by atoms with van der Waals surface area (Å²) in [4.78, 5) is 12.0. The number of hydrogen-bond donors (Lipinski definition) is 1. The molecule has 0 fully saturated rings. The number of hydrogen-bond acceptors (Lipinski definition) is 3. The summed E-state index contributed by atoms with van der Waals surface area (Å²) in [5, 5.41) is 8.87. The fourth-order valence-corrected chi connectivity index (χ4v) is 2.77. The standard InChI is InChI=1S/C15H16O3S/c1-9-4-5-13(6-10(9)2)19-8-12-7-14(15(16)17)18-11(12)3/h4-7H,8H2,1-3H3,(H,16,17).